The van der Waals surface area contributed by atoms with E-state index in [2.05, 4.69) is 25.9 Å². The summed E-state index contributed by atoms with van der Waals surface area (Å²) in [6, 6.07) is 9.27. The highest BCUT2D eigenvalue weighted by Gasteiger charge is 2.03. The van der Waals surface area contributed by atoms with Crippen LogP contribution in [-0.2, 0) is 9.53 Å². The Bertz CT molecular complexity index is 673. The molecule has 2 rings (SSSR count). The quantitative estimate of drug-likeness (QED) is 0.645. The molecule has 0 bridgehead atoms. The molecule has 0 radical (unpaired) electrons. The highest BCUT2D eigenvalue weighted by molar-refractivity contribution is 5.88. The van der Waals surface area contributed by atoms with Gasteiger partial charge in [-0.15, -0.1) is 0 Å². The number of benzene rings is 1. The Morgan fingerprint density at radius 3 is 2.54 bits per heavy atom. The van der Waals surface area contributed by atoms with Crippen LogP contribution in [0.2, 0.25) is 0 Å². The third-order valence-corrected chi connectivity index (χ3v) is 3.15. The summed E-state index contributed by atoms with van der Waals surface area (Å²) in [4.78, 5) is 19.9. The third kappa shape index (κ3) is 5.85. The molecule has 1 aromatic heterocycles. The Labute approximate surface area is 141 Å². The second-order valence-electron chi connectivity index (χ2n) is 5.37. The summed E-state index contributed by atoms with van der Waals surface area (Å²) in [5.41, 5.74) is 2.47. The van der Waals surface area contributed by atoms with Crippen LogP contribution < -0.4 is 16.0 Å². The van der Waals surface area contributed by atoms with Gasteiger partial charge in [-0.3, -0.25) is 4.79 Å². The Kier molecular flexibility index (Phi) is 6.51. The summed E-state index contributed by atoms with van der Waals surface area (Å²) >= 11 is 0. The van der Waals surface area contributed by atoms with Crippen molar-refractivity contribution in [2.24, 2.45) is 0 Å². The molecule has 0 aliphatic rings. The fraction of sp³-hybridized carbons (Fsp3) is 0.353. The number of hydrogen-bond acceptors (Lipinski definition) is 6. The Morgan fingerprint density at radius 2 is 1.88 bits per heavy atom. The number of hydrogen-bond donors (Lipinski definition) is 3. The second-order valence-corrected chi connectivity index (χ2v) is 5.37. The Morgan fingerprint density at radius 1 is 1.17 bits per heavy atom. The summed E-state index contributed by atoms with van der Waals surface area (Å²) in [6.45, 7) is 4.90. The summed E-state index contributed by atoms with van der Waals surface area (Å²) < 4.78 is 5.03. The lowest BCUT2D eigenvalue weighted by molar-refractivity contribution is -0.114. The van der Waals surface area contributed by atoms with Crippen LogP contribution in [0.3, 0.4) is 0 Å². The van der Waals surface area contributed by atoms with Crippen molar-refractivity contribution in [3.8, 4) is 0 Å². The van der Waals surface area contributed by atoms with Crippen molar-refractivity contribution in [3.63, 3.8) is 0 Å². The van der Waals surface area contributed by atoms with Gasteiger partial charge in [0.1, 0.15) is 5.82 Å². The lowest BCUT2D eigenvalue weighted by Gasteiger charge is -2.10. The maximum absolute atomic E-state index is 11.0. The van der Waals surface area contributed by atoms with Crippen LogP contribution in [0.4, 0.5) is 23.1 Å². The van der Waals surface area contributed by atoms with Crippen molar-refractivity contribution in [2.75, 3.05) is 36.2 Å². The van der Waals surface area contributed by atoms with E-state index in [1.807, 2.05) is 37.3 Å². The summed E-state index contributed by atoms with van der Waals surface area (Å²) in [7, 11) is 1.69. The highest BCUT2D eigenvalue weighted by atomic mass is 16.5. The van der Waals surface area contributed by atoms with Crippen molar-refractivity contribution >= 4 is 29.0 Å². The molecule has 7 nitrogen and oxygen atoms in total. The predicted molar refractivity (Wildman–Crippen MR) is 95.8 cm³/mol. The Balaban J connectivity index is 2.00. The van der Waals surface area contributed by atoms with Crippen molar-refractivity contribution in [3.05, 3.63) is 36.0 Å². The molecule has 3 N–H and O–H groups in total. The molecular formula is C17H23N5O2. The molecule has 1 heterocycles. The van der Waals surface area contributed by atoms with E-state index >= 15 is 0 Å². The lowest BCUT2D eigenvalue weighted by atomic mass is 10.3. The van der Waals surface area contributed by atoms with Gasteiger partial charge in [0.2, 0.25) is 11.9 Å². The van der Waals surface area contributed by atoms with Gasteiger partial charge in [-0.05, 0) is 37.6 Å². The van der Waals surface area contributed by atoms with E-state index in [0.29, 0.717) is 12.6 Å². The zero-order valence-electron chi connectivity index (χ0n) is 14.2. The number of nitrogens with zero attached hydrogens (tertiary/aromatic N) is 2. The number of carbonyl (C=O) groups is 1. The molecule has 0 aliphatic carbocycles. The van der Waals surface area contributed by atoms with Gasteiger partial charge in [-0.2, -0.15) is 4.98 Å². The summed E-state index contributed by atoms with van der Waals surface area (Å²) in [5, 5.41) is 9.16. The summed E-state index contributed by atoms with van der Waals surface area (Å²) in [5.74, 6) is 1.20. The van der Waals surface area contributed by atoms with Crippen LogP contribution in [0.15, 0.2) is 30.3 Å². The first-order valence-electron chi connectivity index (χ1n) is 7.80. The number of ether oxygens (including phenoxy) is 1. The van der Waals surface area contributed by atoms with Crippen molar-refractivity contribution < 1.29 is 9.53 Å². The van der Waals surface area contributed by atoms with E-state index in [-0.39, 0.29) is 5.91 Å². The number of anilines is 4. The molecule has 0 saturated heterocycles. The average Bonchev–Trinajstić information content (AvgIpc) is 2.52. The van der Waals surface area contributed by atoms with E-state index in [1.165, 1.54) is 6.92 Å². The molecule has 0 aliphatic heterocycles. The highest BCUT2D eigenvalue weighted by Crippen LogP contribution is 2.18. The van der Waals surface area contributed by atoms with Gasteiger partial charge in [0.15, 0.2) is 0 Å². The molecule has 24 heavy (non-hydrogen) atoms. The van der Waals surface area contributed by atoms with Crippen molar-refractivity contribution in [1.82, 2.24) is 9.97 Å². The first kappa shape index (κ1) is 17.7. The zero-order chi connectivity index (χ0) is 17.4. The molecule has 1 amide bonds. The van der Waals surface area contributed by atoms with E-state index in [9.17, 15) is 4.79 Å². The topological polar surface area (TPSA) is 88.2 Å². The predicted octanol–water partition coefficient (Wildman–Crippen LogP) is 2.94. The summed E-state index contributed by atoms with van der Waals surface area (Å²) in [6.07, 6.45) is 0.910. The van der Waals surface area contributed by atoms with Crippen LogP contribution in [0.25, 0.3) is 0 Å². The number of amides is 1. The van der Waals surface area contributed by atoms with Gasteiger partial charge < -0.3 is 20.7 Å². The average molecular weight is 329 g/mol. The zero-order valence-corrected chi connectivity index (χ0v) is 14.2. The standard InChI is InChI=1S/C17H23N5O2/c1-12-11-16(18-9-4-10-24-3)22-17(19-12)21-15-7-5-14(6-8-15)20-13(2)23/h5-8,11H,4,9-10H2,1-3H3,(H,20,23)(H2,18,19,21,22). The third-order valence-electron chi connectivity index (χ3n) is 3.15. The monoisotopic (exact) mass is 329 g/mol. The van der Waals surface area contributed by atoms with E-state index in [4.69, 9.17) is 4.74 Å². The molecule has 7 heteroatoms. The number of carbonyl (C=O) groups excluding carboxylic acids is 1. The molecule has 1 aromatic carbocycles. The molecule has 128 valence electrons. The first-order valence-corrected chi connectivity index (χ1v) is 7.80. The van der Waals surface area contributed by atoms with Crippen LogP contribution >= 0.6 is 0 Å². The van der Waals surface area contributed by atoms with Gasteiger partial charge in [-0.1, -0.05) is 0 Å². The molecule has 0 spiro atoms. The number of aromatic nitrogens is 2. The number of rotatable bonds is 8. The minimum absolute atomic E-state index is 0.0954. The number of aryl methyl sites for hydroxylation is 1. The molecular weight excluding hydrogens is 306 g/mol. The number of nitrogens with one attached hydrogen (secondary N) is 3. The van der Waals surface area contributed by atoms with Gasteiger partial charge >= 0.3 is 0 Å². The molecule has 2 aromatic rings. The normalized spacial score (nSPS) is 10.3. The fourth-order valence-electron chi connectivity index (χ4n) is 2.12. The lowest BCUT2D eigenvalue weighted by Crippen LogP contribution is -2.08. The molecule has 0 saturated carbocycles. The second kappa shape index (κ2) is 8.83. The van der Waals surface area contributed by atoms with Crippen molar-refractivity contribution in [1.29, 1.82) is 0 Å². The van der Waals surface area contributed by atoms with Gasteiger partial charge in [0.25, 0.3) is 0 Å². The number of methoxy groups -OCH3 is 1. The maximum Gasteiger partial charge on any atom is 0.229 e. The van der Waals surface area contributed by atoms with E-state index in [1.54, 1.807) is 7.11 Å². The van der Waals surface area contributed by atoms with Crippen LogP contribution in [0, 0.1) is 6.92 Å². The van der Waals surface area contributed by atoms with E-state index < -0.39 is 0 Å². The fourth-order valence-corrected chi connectivity index (χ4v) is 2.12. The smallest absolute Gasteiger partial charge is 0.229 e. The van der Waals surface area contributed by atoms with Crippen molar-refractivity contribution in [2.45, 2.75) is 20.3 Å². The molecule has 0 atom stereocenters. The van der Waals surface area contributed by atoms with Gasteiger partial charge in [-0.25, -0.2) is 4.98 Å². The van der Waals surface area contributed by atoms with E-state index in [0.717, 1.165) is 35.9 Å². The van der Waals surface area contributed by atoms with Crippen LogP contribution in [-0.4, -0.2) is 36.1 Å². The SMILES string of the molecule is COCCCNc1cc(C)nc(Nc2ccc(NC(C)=O)cc2)n1. The maximum atomic E-state index is 11.0. The Hall–Kier alpha value is -2.67. The molecule has 0 unspecified atom stereocenters. The van der Waals surface area contributed by atoms with Gasteiger partial charge in [0.05, 0.1) is 0 Å². The minimum Gasteiger partial charge on any atom is -0.385 e. The minimum atomic E-state index is -0.0954. The molecule has 0 fully saturated rings. The van der Waals surface area contributed by atoms with Crippen LogP contribution in [0.5, 0.6) is 0 Å². The van der Waals surface area contributed by atoms with Gasteiger partial charge in [0, 0.05) is 50.3 Å². The van der Waals surface area contributed by atoms with Crippen LogP contribution in [0.1, 0.15) is 19.0 Å². The first-order chi connectivity index (χ1) is 11.6. The largest absolute Gasteiger partial charge is 0.385 e.